The molecule has 5 heteroatoms. The minimum atomic E-state index is 0.133. The van der Waals surface area contributed by atoms with Crippen LogP contribution in [-0.2, 0) is 6.54 Å². The Morgan fingerprint density at radius 1 is 1.35 bits per heavy atom. The number of benzene rings is 1. The fourth-order valence-electron chi connectivity index (χ4n) is 2.32. The molecule has 0 aliphatic rings. The third-order valence-corrected chi connectivity index (χ3v) is 4.19. The van der Waals surface area contributed by atoms with Crippen molar-refractivity contribution in [3.8, 4) is 0 Å². The first kappa shape index (κ1) is 15.2. The second-order valence-electron chi connectivity index (χ2n) is 4.88. The minimum absolute atomic E-state index is 0.133. The average molecular weight is 337 g/mol. The molecule has 0 amide bonds. The molecule has 2 rings (SSSR count). The molecular formula is C15H21BrN4. The van der Waals surface area contributed by atoms with Crippen LogP contribution in [0.15, 0.2) is 28.9 Å². The Kier molecular flexibility index (Phi) is 5.31. The molecule has 1 atom stereocenters. The molecule has 20 heavy (non-hydrogen) atoms. The van der Waals surface area contributed by atoms with Gasteiger partial charge in [-0.25, -0.2) is 4.68 Å². The van der Waals surface area contributed by atoms with Crippen molar-refractivity contribution in [3.63, 3.8) is 0 Å². The van der Waals surface area contributed by atoms with E-state index in [1.165, 1.54) is 11.1 Å². The monoisotopic (exact) mass is 336 g/mol. The van der Waals surface area contributed by atoms with E-state index in [1.807, 2.05) is 10.9 Å². The zero-order valence-electron chi connectivity index (χ0n) is 12.2. The van der Waals surface area contributed by atoms with Crippen LogP contribution in [0.4, 0.5) is 0 Å². The molecule has 1 aromatic carbocycles. The lowest BCUT2D eigenvalue weighted by atomic mass is 10.0. The van der Waals surface area contributed by atoms with Gasteiger partial charge in [-0.15, -0.1) is 5.10 Å². The van der Waals surface area contributed by atoms with Crippen LogP contribution in [0.2, 0.25) is 0 Å². The van der Waals surface area contributed by atoms with E-state index in [9.17, 15) is 0 Å². The van der Waals surface area contributed by atoms with Crippen LogP contribution >= 0.6 is 15.9 Å². The average Bonchev–Trinajstić information content (AvgIpc) is 2.88. The summed E-state index contributed by atoms with van der Waals surface area (Å²) in [6.07, 6.45) is 2.91. The number of halogens is 1. The predicted octanol–water partition coefficient (Wildman–Crippen LogP) is 3.46. The molecule has 1 unspecified atom stereocenters. The number of hydrogen-bond donors (Lipinski definition) is 1. The molecule has 0 fully saturated rings. The molecule has 0 saturated carbocycles. The van der Waals surface area contributed by atoms with Crippen molar-refractivity contribution in [2.75, 3.05) is 6.54 Å². The third-order valence-electron chi connectivity index (χ3n) is 3.30. The topological polar surface area (TPSA) is 42.7 Å². The zero-order valence-corrected chi connectivity index (χ0v) is 13.8. The first-order chi connectivity index (χ1) is 9.67. The number of nitrogens with one attached hydrogen (secondary N) is 1. The molecule has 108 valence electrons. The van der Waals surface area contributed by atoms with Gasteiger partial charge in [0.2, 0.25) is 0 Å². The van der Waals surface area contributed by atoms with Gasteiger partial charge in [0, 0.05) is 11.0 Å². The Balaban J connectivity index is 2.39. The standard InChI is InChI=1S/C15H21BrN4/c1-4-8-20-14(10-18-19-20)15(17-5-2)12-6-7-13(16)11(3)9-12/h6-7,9-10,15,17H,4-5,8H2,1-3H3. The van der Waals surface area contributed by atoms with Gasteiger partial charge in [-0.05, 0) is 37.1 Å². The summed E-state index contributed by atoms with van der Waals surface area (Å²) in [5.41, 5.74) is 3.60. The normalized spacial score (nSPS) is 12.6. The first-order valence-electron chi connectivity index (χ1n) is 7.05. The van der Waals surface area contributed by atoms with Gasteiger partial charge in [-0.3, -0.25) is 0 Å². The lowest BCUT2D eigenvalue weighted by Gasteiger charge is -2.20. The Morgan fingerprint density at radius 3 is 2.80 bits per heavy atom. The maximum absolute atomic E-state index is 4.19. The molecule has 4 nitrogen and oxygen atoms in total. The Bertz CT molecular complexity index is 565. The summed E-state index contributed by atoms with van der Waals surface area (Å²) in [7, 11) is 0. The van der Waals surface area contributed by atoms with Crippen LogP contribution in [0.5, 0.6) is 0 Å². The SMILES string of the molecule is CCCn1nncc1C(NCC)c1ccc(Br)c(C)c1. The van der Waals surface area contributed by atoms with E-state index in [0.29, 0.717) is 0 Å². The van der Waals surface area contributed by atoms with Crippen LogP contribution in [0.25, 0.3) is 0 Å². The van der Waals surface area contributed by atoms with Crippen molar-refractivity contribution in [3.05, 3.63) is 45.7 Å². The fourth-order valence-corrected chi connectivity index (χ4v) is 2.57. The highest BCUT2D eigenvalue weighted by atomic mass is 79.9. The fraction of sp³-hybridized carbons (Fsp3) is 0.467. The molecule has 0 spiro atoms. The molecule has 1 heterocycles. The van der Waals surface area contributed by atoms with Crippen LogP contribution < -0.4 is 5.32 Å². The largest absolute Gasteiger partial charge is 0.305 e. The van der Waals surface area contributed by atoms with E-state index in [0.717, 1.165) is 29.7 Å². The first-order valence-corrected chi connectivity index (χ1v) is 7.84. The smallest absolute Gasteiger partial charge is 0.0801 e. The van der Waals surface area contributed by atoms with Crippen LogP contribution in [0.1, 0.15) is 43.1 Å². The minimum Gasteiger partial charge on any atom is -0.305 e. The third kappa shape index (κ3) is 3.27. The van der Waals surface area contributed by atoms with Crippen molar-refractivity contribution >= 4 is 15.9 Å². The van der Waals surface area contributed by atoms with Gasteiger partial charge in [0.25, 0.3) is 0 Å². The van der Waals surface area contributed by atoms with E-state index in [4.69, 9.17) is 0 Å². The summed E-state index contributed by atoms with van der Waals surface area (Å²) < 4.78 is 3.13. The molecule has 0 aliphatic carbocycles. The number of aryl methyl sites for hydroxylation is 2. The summed E-state index contributed by atoms with van der Waals surface area (Å²) in [6.45, 7) is 8.17. The van der Waals surface area contributed by atoms with Gasteiger partial charge in [0.1, 0.15) is 0 Å². The number of aromatic nitrogens is 3. The Morgan fingerprint density at radius 2 is 2.15 bits per heavy atom. The number of hydrogen-bond acceptors (Lipinski definition) is 3. The molecular weight excluding hydrogens is 316 g/mol. The molecule has 0 saturated heterocycles. The maximum atomic E-state index is 4.19. The summed E-state index contributed by atoms with van der Waals surface area (Å²) in [6, 6.07) is 6.59. The van der Waals surface area contributed by atoms with Gasteiger partial charge in [-0.2, -0.15) is 0 Å². The molecule has 1 aromatic heterocycles. The summed E-state index contributed by atoms with van der Waals surface area (Å²) in [5.74, 6) is 0. The van der Waals surface area contributed by atoms with Crippen molar-refractivity contribution in [2.24, 2.45) is 0 Å². The Labute approximate surface area is 128 Å². The van der Waals surface area contributed by atoms with Gasteiger partial charge < -0.3 is 5.32 Å². The van der Waals surface area contributed by atoms with Gasteiger partial charge in [-0.1, -0.05) is 47.1 Å². The molecule has 0 aliphatic heterocycles. The number of nitrogens with zero attached hydrogens (tertiary/aromatic N) is 3. The molecule has 0 radical (unpaired) electrons. The summed E-state index contributed by atoms with van der Waals surface area (Å²) >= 11 is 3.56. The number of rotatable bonds is 6. The van der Waals surface area contributed by atoms with Crippen LogP contribution in [0.3, 0.4) is 0 Å². The maximum Gasteiger partial charge on any atom is 0.0801 e. The molecule has 0 bridgehead atoms. The highest BCUT2D eigenvalue weighted by Crippen LogP contribution is 2.25. The lowest BCUT2D eigenvalue weighted by molar-refractivity contribution is 0.511. The quantitative estimate of drug-likeness (QED) is 0.878. The van der Waals surface area contributed by atoms with Gasteiger partial charge >= 0.3 is 0 Å². The van der Waals surface area contributed by atoms with E-state index in [-0.39, 0.29) is 6.04 Å². The highest BCUT2D eigenvalue weighted by molar-refractivity contribution is 9.10. The van der Waals surface area contributed by atoms with Gasteiger partial charge in [0.05, 0.1) is 17.9 Å². The van der Waals surface area contributed by atoms with E-state index in [2.05, 4.69) is 70.5 Å². The van der Waals surface area contributed by atoms with Crippen molar-refractivity contribution in [1.82, 2.24) is 20.3 Å². The summed E-state index contributed by atoms with van der Waals surface area (Å²) in [4.78, 5) is 0. The summed E-state index contributed by atoms with van der Waals surface area (Å²) in [5, 5.41) is 11.8. The van der Waals surface area contributed by atoms with Gasteiger partial charge in [0.15, 0.2) is 0 Å². The van der Waals surface area contributed by atoms with E-state index < -0.39 is 0 Å². The molecule has 2 aromatic rings. The second kappa shape index (κ2) is 6.99. The Hall–Kier alpha value is -1.20. The van der Waals surface area contributed by atoms with Crippen molar-refractivity contribution < 1.29 is 0 Å². The predicted molar refractivity (Wildman–Crippen MR) is 84.7 cm³/mol. The molecule has 1 N–H and O–H groups in total. The van der Waals surface area contributed by atoms with Crippen molar-refractivity contribution in [1.29, 1.82) is 0 Å². The highest BCUT2D eigenvalue weighted by Gasteiger charge is 2.18. The van der Waals surface area contributed by atoms with Crippen LogP contribution in [-0.4, -0.2) is 21.5 Å². The van der Waals surface area contributed by atoms with Crippen LogP contribution in [0, 0.1) is 6.92 Å². The second-order valence-corrected chi connectivity index (χ2v) is 5.74. The van der Waals surface area contributed by atoms with Crippen molar-refractivity contribution in [2.45, 2.75) is 39.8 Å². The van der Waals surface area contributed by atoms with E-state index in [1.54, 1.807) is 0 Å². The lowest BCUT2D eigenvalue weighted by Crippen LogP contribution is -2.25. The van der Waals surface area contributed by atoms with E-state index >= 15 is 0 Å². The zero-order chi connectivity index (χ0) is 14.5.